The summed E-state index contributed by atoms with van der Waals surface area (Å²) in [6.45, 7) is 4.03. The highest BCUT2D eigenvalue weighted by Crippen LogP contribution is 2.39. The molecule has 0 aromatic heterocycles. The molecular weight excluding hydrogens is 218 g/mol. The highest BCUT2D eigenvalue weighted by Gasteiger charge is 2.34. The van der Waals surface area contributed by atoms with Gasteiger partial charge in [-0.15, -0.1) is 0 Å². The lowest BCUT2D eigenvalue weighted by atomic mass is 9.98. The van der Waals surface area contributed by atoms with Gasteiger partial charge in [-0.2, -0.15) is 0 Å². The minimum absolute atomic E-state index is 0.242. The van der Waals surface area contributed by atoms with E-state index >= 15 is 0 Å². The number of fused-ring (bicyclic) bond motifs is 1. The van der Waals surface area contributed by atoms with Gasteiger partial charge in [-0.1, -0.05) is 18.2 Å². The molecule has 1 aromatic rings. The first-order valence-corrected chi connectivity index (χ1v) is 5.59. The van der Waals surface area contributed by atoms with E-state index in [0.717, 1.165) is 17.7 Å². The molecule has 0 saturated heterocycles. The average molecular weight is 235 g/mol. The molecule has 92 valence electrons. The number of benzene rings is 1. The quantitative estimate of drug-likeness (QED) is 0.790. The Labute approximate surface area is 101 Å². The second kappa shape index (κ2) is 4.04. The first-order chi connectivity index (χ1) is 7.94. The van der Waals surface area contributed by atoms with Gasteiger partial charge < -0.3 is 15.2 Å². The van der Waals surface area contributed by atoms with Crippen LogP contribution >= 0.6 is 0 Å². The zero-order valence-corrected chi connectivity index (χ0v) is 10.3. The van der Waals surface area contributed by atoms with Crippen molar-refractivity contribution in [3.63, 3.8) is 0 Å². The maximum absolute atomic E-state index is 11.5. The Bertz CT molecular complexity index is 454. The first-order valence-electron chi connectivity index (χ1n) is 5.59. The standard InChI is InChI=1S/C13H17NO3/c1-13(2)7-8-5-4-6-9(11(8)17-13)10(14)12(15)16-3/h4-6,10H,7,14H2,1-3H3. The van der Waals surface area contributed by atoms with Crippen LogP contribution in [0.1, 0.15) is 31.0 Å². The molecule has 0 saturated carbocycles. The van der Waals surface area contributed by atoms with E-state index in [-0.39, 0.29) is 5.60 Å². The highest BCUT2D eigenvalue weighted by molar-refractivity contribution is 5.78. The third kappa shape index (κ3) is 2.13. The maximum Gasteiger partial charge on any atom is 0.327 e. The predicted molar refractivity (Wildman–Crippen MR) is 63.8 cm³/mol. The summed E-state index contributed by atoms with van der Waals surface area (Å²) in [6.07, 6.45) is 0.823. The number of methoxy groups -OCH3 is 1. The van der Waals surface area contributed by atoms with Gasteiger partial charge in [0.2, 0.25) is 0 Å². The fourth-order valence-corrected chi connectivity index (χ4v) is 2.14. The van der Waals surface area contributed by atoms with E-state index in [1.807, 2.05) is 32.0 Å². The van der Waals surface area contributed by atoms with E-state index in [0.29, 0.717) is 5.56 Å². The smallest absolute Gasteiger partial charge is 0.327 e. The maximum atomic E-state index is 11.5. The van der Waals surface area contributed by atoms with Crippen LogP contribution in [-0.4, -0.2) is 18.7 Å². The van der Waals surface area contributed by atoms with Crippen LogP contribution < -0.4 is 10.5 Å². The number of esters is 1. The molecule has 1 aromatic carbocycles. The Hall–Kier alpha value is -1.55. The van der Waals surface area contributed by atoms with Crippen LogP contribution in [0.4, 0.5) is 0 Å². The van der Waals surface area contributed by atoms with Crippen LogP contribution in [0.25, 0.3) is 0 Å². The summed E-state index contributed by atoms with van der Waals surface area (Å²) >= 11 is 0. The van der Waals surface area contributed by atoms with Gasteiger partial charge in [0.25, 0.3) is 0 Å². The Balaban J connectivity index is 2.39. The number of para-hydroxylation sites is 1. The summed E-state index contributed by atoms with van der Waals surface area (Å²) in [5.41, 5.74) is 7.40. The van der Waals surface area contributed by atoms with Crippen molar-refractivity contribution in [2.75, 3.05) is 7.11 Å². The number of rotatable bonds is 2. The lowest BCUT2D eigenvalue weighted by Gasteiger charge is -2.19. The molecular formula is C13H17NO3. The number of nitrogens with two attached hydrogens (primary N) is 1. The van der Waals surface area contributed by atoms with Crippen LogP contribution in [-0.2, 0) is 16.0 Å². The lowest BCUT2D eigenvalue weighted by Crippen LogP contribution is -2.26. The molecule has 4 nitrogen and oxygen atoms in total. The van der Waals surface area contributed by atoms with E-state index in [4.69, 9.17) is 10.5 Å². The molecule has 4 heteroatoms. The minimum Gasteiger partial charge on any atom is -0.487 e. The SMILES string of the molecule is COC(=O)C(N)c1cccc2c1OC(C)(C)C2. The summed E-state index contributed by atoms with van der Waals surface area (Å²) in [5.74, 6) is 0.280. The predicted octanol–water partition coefficient (Wildman–Crippen LogP) is 1.57. The van der Waals surface area contributed by atoms with Crippen LogP contribution in [0.5, 0.6) is 5.75 Å². The van der Waals surface area contributed by atoms with Gasteiger partial charge in [0.15, 0.2) is 0 Å². The molecule has 0 spiro atoms. The van der Waals surface area contributed by atoms with Crippen LogP contribution in [0.3, 0.4) is 0 Å². The number of carbonyl (C=O) groups is 1. The van der Waals surface area contributed by atoms with Crippen molar-refractivity contribution in [1.29, 1.82) is 0 Å². The second-order valence-electron chi connectivity index (χ2n) is 4.87. The van der Waals surface area contributed by atoms with Gasteiger partial charge in [0.05, 0.1) is 7.11 Å². The molecule has 2 N–H and O–H groups in total. The van der Waals surface area contributed by atoms with Crippen molar-refractivity contribution in [2.24, 2.45) is 5.73 Å². The molecule has 1 aliphatic rings. The topological polar surface area (TPSA) is 61.5 Å². The normalized spacial score (nSPS) is 18.1. The molecule has 0 fully saturated rings. The molecule has 0 amide bonds. The van der Waals surface area contributed by atoms with Gasteiger partial charge in [-0.25, -0.2) is 0 Å². The highest BCUT2D eigenvalue weighted by atomic mass is 16.5. The molecule has 17 heavy (non-hydrogen) atoms. The number of hydrogen-bond donors (Lipinski definition) is 1. The molecule has 1 atom stereocenters. The third-order valence-corrected chi connectivity index (χ3v) is 2.91. The van der Waals surface area contributed by atoms with Crippen molar-refractivity contribution < 1.29 is 14.3 Å². The van der Waals surface area contributed by atoms with Gasteiger partial charge >= 0.3 is 5.97 Å². The Morgan fingerprint density at radius 2 is 2.24 bits per heavy atom. The zero-order chi connectivity index (χ0) is 12.6. The summed E-state index contributed by atoms with van der Waals surface area (Å²) in [6, 6.07) is 4.91. The largest absolute Gasteiger partial charge is 0.487 e. The van der Waals surface area contributed by atoms with E-state index in [1.54, 1.807) is 0 Å². The van der Waals surface area contributed by atoms with Crippen LogP contribution in [0, 0.1) is 0 Å². The summed E-state index contributed by atoms with van der Waals surface area (Å²) in [4.78, 5) is 11.5. The van der Waals surface area contributed by atoms with Gasteiger partial charge in [-0.3, -0.25) is 4.79 Å². The van der Waals surface area contributed by atoms with Crippen molar-refractivity contribution in [2.45, 2.75) is 31.9 Å². The van der Waals surface area contributed by atoms with Crippen LogP contribution in [0.2, 0.25) is 0 Å². The second-order valence-corrected chi connectivity index (χ2v) is 4.87. The molecule has 0 aliphatic carbocycles. The molecule has 2 rings (SSSR count). The fraction of sp³-hybridized carbons (Fsp3) is 0.462. The van der Waals surface area contributed by atoms with Gasteiger partial charge in [-0.05, 0) is 19.4 Å². The molecule has 1 heterocycles. The fourth-order valence-electron chi connectivity index (χ4n) is 2.14. The first kappa shape index (κ1) is 11.9. The molecule has 1 aliphatic heterocycles. The molecule has 1 unspecified atom stereocenters. The van der Waals surface area contributed by atoms with Crippen LogP contribution in [0.15, 0.2) is 18.2 Å². The van der Waals surface area contributed by atoms with Crippen molar-refractivity contribution in [3.8, 4) is 5.75 Å². The summed E-state index contributed by atoms with van der Waals surface area (Å²) in [5, 5.41) is 0. The Morgan fingerprint density at radius 1 is 1.53 bits per heavy atom. The average Bonchev–Trinajstić information content (AvgIpc) is 2.60. The Kier molecular flexibility index (Phi) is 2.83. The van der Waals surface area contributed by atoms with Gasteiger partial charge in [0, 0.05) is 12.0 Å². The van der Waals surface area contributed by atoms with Crippen molar-refractivity contribution in [3.05, 3.63) is 29.3 Å². The number of hydrogen-bond acceptors (Lipinski definition) is 4. The van der Waals surface area contributed by atoms with E-state index in [2.05, 4.69) is 4.74 Å². The Morgan fingerprint density at radius 3 is 2.88 bits per heavy atom. The third-order valence-electron chi connectivity index (χ3n) is 2.91. The molecule has 0 bridgehead atoms. The van der Waals surface area contributed by atoms with Gasteiger partial charge in [0.1, 0.15) is 17.4 Å². The van der Waals surface area contributed by atoms with E-state index in [9.17, 15) is 4.79 Å². The number of ether oxygens (including phenoxy) is 2. The van der Waals surface area contributed by atoms with Crippen molar-refractivity contribution >= 4 is 5.97 Å². The number of carbonyl (C=O) groups excluding carboxylic acids is 1. The van der Waals surface area contributed by atoms with E-state index < -0.39 is 12.0 Å². The lowest BCUT2D eigenvalue weighted by molar-refractivity contribution is -0.142. The van der Waals surface area contributed by atoms with Crippen molar-refractivity contribution in [1.82, 2.24) is 0 Å². The minimum atomic E-state index is -0.788. The monoisotopic (exact) mass is 235 g/mol. The summed E-state index contributed by atoms with van der Waals surface area (Å²) < 4.78 is 10.5. The molecule has 0 radical (unpaired) electrons. The zero-order valence-electron chi connectivity index (χ0n) is 10.3. The van der Waals surface area contributed by atoms with E-state index in [1.165, 1.54) is 7.11 Å². The summed E-state index contributed by atoms with van der Waals surface area (Å²) in [7, 11) is 1.33.